The number of aryl methyl sites for hydroxylation is 2. The molecular weight excluding hydrogens is 210 g/mol. The second-order valence-electron chi connectivity index (χ2n) is 4.26. The average Bonchev–Trinajstić information content (AvgIpc) is 2.72. The predicted octanol–water partition coefficient (Wildman–Crippen LogP) is 3.01. The van der Waals surface area contributed by atoms with Crippen LogP contribution in [0.15, 0.2) is 42.6 Å². The molecule has 2 aromatic heterocycles. The Kier molecular flexibility index (Phi) is 2.18. The number of hydrogen-bond donors (Lipinski definition) is 0. The highest BCUT2D eigenvalue weighted by Gasteiger charge is 2.07. The SMILES string of the molecule is Cc1ccc2nc(-c3ccccc3C)nn2c1. The Morgan fingerprint density at radius 1 is 1.00 bits per heavy atom. The van der Waals surface area contributed by atoms with Gasteiger partial charge in [-0.3, -0.25) is 0 Å². The molecule has 3 aromatic rings. The fourth-order valence-corrected chi connectivity index (χ4v) is 1.92. The van der Waals surface area contributed by atoms with E-state index in [1.54, 1.807) is 0 Å². The third-order valence-electron chi connectivity index (χ3n) is 2.86. The van der Waals surface area contributed by atoms with Crippen molar-refractivity contribution in [3.8, 4) is 11.4 Å². The van der Waals surface area contributed by atoms with Crippen molar-refractivity contribution < 1.29 is 0 Å². The standard InChI is InChI=1S/C14H13N3/c1-10-7-8-13-15-14(16-17(13)9-10)12-6-4-3-5-11(12)2/h3-9H,1-2H3. The number of fused-ring (bicyclic) bond motifs is 1. The van der Waals surface area contributed by atoms with Gasteiger partial charge in [0.2, 0.25) is 0 Å². The average molecular weight is 223 g/mol. The fourth-order valence-electron chi connectivity index (χ4n) is 1.92. The van der Waals surface area contributed by atoms with Gasteiger partial charge in [0.05, 0.1) is 0 Å². The molecule has 0 aliphatic rings. The van der Waals surface area contributed by atoms with Gasteiger partial charge in [-0.1, -0.05) is 30.3 Å². The van der Waals surface area contributed by atoms with E-state index in [2.05, 4.69) is 36.1 Å². The minimum Gasteiger partial charge on any atom is -0.220 e. The molecule has 0 atom stereocenters. The van der Waals surface area contributed by atoms with E-state index in [1.807, 2.05) is 35.0 Å². The van der Waals surface area contributed by atoms with Gasteiger partial charge in [0.1, 0.15) is 0 Å². The summed E-state index contributed by atoms with van der Waals surface area (Å²) in [4.78, 5) is 4.54. The summed E-state index contributed by atoms with van der Waals surface area (Å²) < 4.78 is 1.83. The number of aromatic nitrogens is 3. The lowest BCUT2D eigenvalue weighted by atomic mass is 10.1. The maximum atomic E-state index is 4.54. The van der Waals surface area contributed by atoms with E-state index < -0.39 is 0 Å². The molecule has 0 saturated carbocycles. The van der Waals surface area contributed by atoms with Gasteiger partial charge in [-0.25, -0.2) is 9.50 Å². The predicted molar refractivity (Wildman–Crippen MR) is 67.9 cm³/mol. The minimum absolute atomic E-state index is 0.786. The summed E-state index contributed by atoms with van der Waals surface area (Å²) in [6, 6.07) is 12.2. The van der Waals surface area contributed by atoms with Crippen LogP contribution >= 0.6 is 0 Å². The van der Waals surface area contributed by atoms with E-state index >= 15 is 0 Å². The summed E-state index contributed by atoms with van der Waals surface area (Å²) in [5.41, 5.74) is 4.35. The first-order chi connectivity index (χ1) is 8.24. The van der Waals surface area contributed by atoms with Crippen LogP contribution in [-0.2, 0) is 0 Å². The van der Waals surface area contributed by atoms with Crippen molar-refractivity contribution in [2.24, 2.45) is 0 Å². The molecular formula is C14H13N3. The van der Waals surface area contributed by atoms with Crippen molar-refractivity contribution in [2.45, 2.75) is 13.8 Å². The van der Waals surface area contributed by atoms with Gasteiger partial charge in [0.15, 0.2) is 11.5 Å². The van der Waals surface area contributed by atoms with Crippen molar-refractivity contribution in [1.29, 1.82) is 0 Å². The van der Waals surface area contributed by atoms with Crippen molar-refractivity contribution >= 4 is 5.65 Å². The molecule has 3 rings (SSSR count). The highest BCUT2D eigenvalue weighted by molar-refractivity contribution is 5.62. The Labute approximate surface area is 99.7 Å². The highest BCUT2D eigenvalue weighted by Crippen LogP contribution is 2.20. The number of hydrogen-bond acceptors (Lipinski definition) is 2. The second-order valence-corrected chi connectivity index (χ2v) is 4.26. The van der Waals surface area contributed by atoms with Gasteiger partial charge in [-0.15, -0.1) is 5.10 Å². The van der Waals surface area contributed by atoms with Crippen LogP contribution in [0, 0.1) is 13.8 Å². The summed E-state index contributed by atoms with van der Waals surface area (Å²) in [5.74, 6) is 0.786. The van der Waals surface area contributed by atoms with Crippen LogP contribution in [0.25, 0.3) is 17.0 Å². The molecule has 84 valence electrons. The molecule has 1 aromatic carbocycles. The molecule has 3 heteroatoms. The Balaban J connectivity index is 2.22. The van der Waals surface area contributed by atoms with Crippen LogP contribution in [0.5, 0.6) is 0 Å². The fraction of sp³-hybridized carbons (Fsp3) is 0.143. The van der Waals surface area contributed by atoms with Crippen molar-refractivity contribution in [2.75, 3.05) is 0 Å². The van der Waals surface area contributed by atoms with Crippen molar-refractivity contribution in [1.82, 2.24) is 14.6 Å². The van der Waals surface area contributed by atoms with Crippen molar-refractivity contribution in [3.63, 3.8) is 0 Å². The molecule has 0 aliphatic heterocycles. The maximum absolute atomic E-state index is 4.54. The van der Waals surface area contributed by atoms with Gasteiger partial charge in [-0.05, 0) is 31.0 Å². The molecule has 0 radical (unpaired) electrons. The van der Waals surface area contributed by atoms with Crippen LogP contribution < -0.4 is 0 Å². The van der Waals surface area contributed by atoms with Crippen molar-refractivity contribution in [3.05, 3.63) is 53.7 Å². The van der Waals surface area contributed by atoms with E-state index in [1.165, 1.54) is 11.1 Å². The molecule has 0 amide bonds. The lowest BCUT2D eigenvalue weighted by Gasteiger charge is -1.98. The van der Waals surface area contributed by atoms with E-state index in [0.29, 0.717) is 0 Å². The topological polar surface area (TPSA) is 30.2 Å². The zero-order valence-electron chi connectivity index (χ0n) is 9.88. The molecule has 2 heterocycles. The largest absolute Gasteiger partial charge is 0.220 e. The molecule has 0 N–H and O–H groups in total. The van der Waals surface area contributed by atoms with Crippen LogP contribution in [0.4, 0.5) is 0 Å². The number of nitrogens with zero attached hydrogens (tertiary/aromatic N) is 3. The Bertz CT molecular complexity index is 683. The third kappa shape index (κ3) is 1.69. The zero-order valence-corrected chi connectivity index (χ0v) is 9.88. The van der Waals surface area contributed by atoms with Gasteiger partial charge in [0, 0.05) is 11.8 Å². The molecule has 0 fully saturated rings. The first kappa shape index (κ1) is 10.0. The number of benzene rings is 1. The first-order valence-corrected chi connectivity index (χ1v) is 5.63. The van der Waals surface area contributed by atoms with Crippen LogP contribution in [0.1, 0.15) is 11.1 Å². The summed E-state index contributed by atoms with van der Waals surface area (Å²) in [7, 11) is 0. The third-order valence-corrected chi connectivity index (χ3v) is 2.86. The van der Waals surface area contributed by atoms with Gasteiger partial charge in [-0.2, -0.15) is 0 Å². The van der Waals surface area contributed by atoms with Crippen LogP contribution in [0.3, 0.4) is 0 Å². The molecule has 3 nitrogen and oxygen atoms in total. The lowest BCUT2D eigenvalue weighted by molar-refractivity contribution is 0.955. The normalized spacial score (nSPS) is 10.9. The molecule has 0 saturated heterocycles. The van der Waals surface area contributed by atoms with Gasteiger partial charge >= 0.3 is 0 Å². The lowest BCUT2D eigenvalue weighted by Crippen LogP contribution is -1.88. The molecule has 0 unspecified atom stereocenters. The molecule has 17 heavy (non-hydrogen) atoms. The molecule has 0 bridgehead atoms. The Hall–Kier alpha value is -2.16. The van der Waals surface area contributed by atoms with E-state index in [9.17, 15) is 0 Å². The number of pyridine rings is 1. The first-order valence-electron chi connectivity index (χ1n) is 5.63. The highest BCUT2D eigenvalue weighted by atomic mass is 15.3. The van der Waals surface area contributed by atoms with Crippen LogP contribution in [-0.4, -0.2) is 14.6 Å². The summed E-state index contributed by atoms with van der Waals surface area (Å²) in [6.07, 6.45) is 1.99. The van der Waals surface area contributed by atoms with Gasteiger partial charge in [0.25, 0.3) is 0 Å². The monoisotopic (exact) mass is 223 g/mol. The van der Waals surface area contributed by atoms with E-state index in [0.717, 1.165) is 17.0 Å². The second kappa shape index (κ2) is 3.70. The van der Waals surface area contributed by atoms with E-state index in [-0.39, 0.29) is 0 Å². The molecule has 0 spiro atoms. The minimum atomic E-state index is 0.786. The Morgan fingerprint density at radius 3 is 2.65 bits per heavy atom. The summed E-state index contributed by atoms with van der Waals surface area (Å²) in [5, 5.41) is 4.51. The smallest absolute Gasteiger partial charge is 0.182 e. The van der Waals surface area contributed by atoms with E-state index in [4.69, 9.17) is 0 Å². The Morgan fingerprint density at radius 2 is 1.82 bits per heavy atom. The zero-order chi connectivity index (χ0) is 11.8. The van der Waals surface area contributed by atoms with Crippen LogP contribution in [0.2, 0.25) is 0 Å². The summed E-state index contributed by atoms with van der Waals surface area (Å²) in [6.45, 7) is 4.13. The van der Waals surface area contributed by atoms with Gasteiger partial charge < -0.3 is 0 Å². The number of rotatable bonds is 1. The maximum Gasteiger partial charge on any atom is 0.182 e. The quantitative estimate of drug-likeness (QED) is 0.634. The molecule has 0 aliphatic carbocycles. The summed E-state index contributed by atoms with van der Waals surface area (Å²) >= 11 is 0.